The maximum absolute atomic E-state index is 8.33. The summed E-state index contributed by atoms with van der Waals surface area (Å²) in [7, 11) is 0. The van der Waals surface area contributed by atoms with Crippen LogP contribution in [-0.2, 0) is 0 Å². The first-order valence-electron chi connectivity index (χ1n) is 4.66. The molecule has 0 aromatic rings. The molecule has 0 aliphatic carbocycles. The highest BCUT2D eigenvalue weighted by molar-refractivity contribution is 4.40. The summed E-state index contributed by atoms with van der Waals surface area (Å²) in [5, 5.41) is 24.5. The zero-order chi connectivity index (χ0) is 9.82. The molecule has 0 heterocycles. The summed E-state index contributed by atoms with van der Waals surface area (Å²) >= 11 is 0. The Kier molecular flexibility index (Phi) is 16.2. The molecule has 3 nitrogen and oxygen atoms in total. The maximum Gasteiger partial charge on any atom is 0.151 e. The lowest BCUT2D eigenvalue weighted by Crippen LogP contribution is -2.02. The third-order valence-corrected chi connectivity index (χ3v) is 1.29. The van der Waals surface area contributed by atoms with Crippen molar-refractivity contribution in [2.75, 3.05) is 6.61 Å². The molecule has 0 fully saturated rings. The van der Waals surface area contributed by atoms with Crippen molar-refractivity contribution in [3.63, 3.8) is 0 Å². The van der Waals surface area contributed by atoms with Crippen molar-refractivity contribution < 1.29 is 15.3 Å². The molecule has 0 spiro atoms. The average Bonchev–Trinajstić information content (AvgIpc) is 2.05. The number of hydrogen-bond donors (Lipinski definition) is 3. The predicted octanol–water partition coefficient (Wildman–Crippen LogP) is 1.27. The van der Waals surface area contributed by atoms with Crippen LogP contribution >= 0.6 is 0 Å². The quantitative estimate of drug-likeness (QED) is 0.439. The van der Waals surface area contributed by atoms with Gasteiger partial charge in [-0.1, -0.05) is 26.7 Å². The van der Waals surface area contributed by atoms with Crippen LogP contribution in [0.2, 0.25) is 0 Å². The van der Waals surface area contributed by atoms with Crippen molar-refractivity contribution in [1.82, 2.24) is 0 Å². The molecule has 3 heteroatoms. The van der Waals surface area contributed by atoms with Crippen LogP contribution < -0.4 is 0 Å². The maximum atomic E-state index is 8.33. The minimum absolute atomic E-state index is 0.319. The van der Waals surface area contributed by atoms with Crippen molar-refractivity contribution in [3.05, 3.63) is 0 Å². The molecule has 0 bridgehead atoms. The standard InChI is InChI=1S/C6H14O2.C3H8O/c1-2-3-4-5-6(7)8;1-2-3-4/h6-8H,2-5H2,1H3;4H,2-3H2,1H3. The largest absolute Gasteiger partial charge is 0.396 e. The molecule has 12 heavy (non-hydrogen) atoms. The second-order valence-corrected chi connectivity index (χ2v) is 2.70. The number of aliphatic hydroxyl groups excluding tert-OH is 2. The van der Waals surface area contributed by atoms with E-state index in [1.54, 1.807) is 0 Å². The first-order valence-corrected chi connectivity index (χ1v) is 4.66. The van der Waals surface area contributed by atoms with Crippen LogP contribution in [0.25, 0.3) is 0 Å². The van der Waals surface area contributed by atoms with E-state index >= 15 is 0 Å². The lowest BCUT2D eigenvalue weighted by molar-refractivity contribution is -0.0465. The molecule has 0 amide bonds. The Balaban J connectivity index is 0. The van der Waals surface area contributed by atoms with E-state index < -0.39 is 6.29 Å². The number of unbranched alkanes of at least 4 members (excludes halogenated alkanes) is 2. The predicted molar refractivity (Wildman–Crippen MR) is 49.7 cm³/mol. The zero-order valence-corrected chi connectivity index (χ0v) is 8.16. The Bertz CT molecular complexity index is 62.8. The van der Waals surface area contributed by atoms with E-state index in [9.17, 15) is 0 Å². The van der Waals surface area contributed by atoms with Gasteiger partial charge in [0.1, 0.15) is 0 Å². The third-order valence-electron chi connectivity index (χ3n) is 1.29. The first kappa shape index (κ1) is 14.4. The highest BCUT2D eigenvalue weighted by Gasteiger charge is 1.93. The topological polar surface area (TPSA) is 60.7 Å². The highest BCUT2D eigenvalue weighted by Crippen LogP contribution is 1.99. The molecule has 0 rings (SSSR count). The van der Waals surface area contributed by atoms with Crippen molar-refractivity contribution in [2.45, 2.75) is 52.2 Å². The second kappa shape index (κ2) is 13.5. The second-order valence-electron chi connectivity index (χ2n) is 2.70. The Morgan fingerprint density at radius 1 is 1.00 bits per heavy atom. The summed E-state index contributed by atoms with van der Waals surface area (Å²) < 4.78 is 0. The van der Waals surface area contributed by atoms with Gasteiger partial charge in [0.25, 0.3) is 0 Å². The van der Waals surface area contributed by atoms with E-state index in [0.29, 0.717) is 13.0 Å². The van der Waals surface area contributed by atoms with Crippen LogP contribution in [0.15, 0.2) is 0 Å². The fourth-order valence-corrected chi connectivity index (χ4v) is 0.577. The lowest BCUT2D eigenvalue weighted by atomic mass is 10.2. The van der Waals surface area contributed by atoms with Gasteiger partial charge in [-0.25, -0.2) is 0 Å². The molecular formula is C9H22O3. The average molecular weight is 178 g/mol. The molecule has 0 saturated heterocycles. The smallest absolute Gasteiger partial charge is 0.151 e. The SMILES string of the molecule is CCCCCC(O)O.CCCO. The zero-order valence-electron chi connectivity index (χ0n) is 8.16. The molecule has 0 aliphatic heterocycles. The fraction of sp³-hybridized carbons (Fsp3) is 1.00. The summed E-state index contributed by atoms with van der Waals surface area (Å²) in [5.74, 6) is 0. The summed E-state index contributed by atoms with van der Waals surface area (Å²) in [5.41, 5.74) is 0. The highest BCUT2D eigenvalue weighted by atomic mass is 16.5. The summed E-state index contributed by atoms with van der Waals surface area (Å²) in [6, 6.07) is 0. The Labute approximate surface area is 75.0 Å². The molecule has 0 atom stereocenters. The molecule has 0 aromatic heterocycles. The van der Waals surface area contributed by atoms with Gasteiger partial charge in [-0.05, 0) is 19.3 Å². The summed E-state index contributed by atoms with van der Waals surface area (Å²) in [6.45, 7) is 4.34. The van der Waals surface area contributed by atoms with Gasteiger partial charge < -0.3 is 15.3 Å². The van der Waals surface area contributed by atoms with Crippen LogP contribution in [0.5, 0.6) is 0 Å². The number of rotatable bonds is 5. The van der Waals surface area contributed by atoms with Gasteiger partial charge in [0.2, 0.25) is 0 Å². The number of hydrogen-bond acceptors (Lipinski definition) is 3. The van der Waals surface area contributed by atoms with Crippen molar-refractivity contribution in [1.29, 1.82) is 0 Å². The van der Waals surface area contributed by atoms with E-state index in [-0.39, 0.29) is 0 Å². The van der Waals surface area contributed by atoms with E-state index in [0.717, 1.165) is 25.7 Å². The molecule has 0 saturated carbocycles. The minimum Gasteiger partial charge on any atom is -0.396 e. The van der Waals surface area contributed by atoms with Crippen molar-refractivity contribution >= 4 is 0 Å². The van der Waals surface area contributed by atoms with Gasteiger partial charge in [0.15, 0.2) is 6.29 Å². The minimum atomic E-state index is -1.10. The Morgan fingerprint density at radius 2 is 1.50 bits per heavy atom. The Morgan fingerprint density at radius 3 is 1.75 bits per heavy atom. The fourth-order valence-electron chi connectivity index (χ4n) is 0.577. The van der Waals surface area contributed by atoms with E-state index in [4.69, 9.17) is 15.3 Å². The van der Waals surface area contributed by atoms with Gasteiger partial charge in [0, 0.05) is 6.61 Å². The van der Waals surface area contributed by atoms with Gasteiger partial charge >= 0.3 is 0 Å². The van der Waals surface area contributed by atoms with E-state index in [2.05, 4.69) is 6.92 Å². The summed E-state index contributed by atoms with van der Waals surface area (Å²) in [4.78, 5) is 0. The van der Waals surface area contributed by atoms with Gasteiger partial charge in [0.05, 0.1) is 0 Å². The van der Waals surface area contributed by atoms with Crippen LogP contribution in [0.1, 0.15) is 46.0 Å². The van der Waals surface area contributed by atoms with Crippen LogP contribution in [0.3, 0.4) is 0 Å². The Hall–Kier alpha value is -0.120. The normalized spacial score (nSPS) is 9.50. The molecule has 0 radical (unpaired) electrons. The van der Waals surface area contributed by atoms with Crippen molar-refractivity contribution in [2.24, 2.45) is 0 Å². The van der Waals surface area contributed by atoms with Crippen LogP contribution in [-0.4, -0.2) is 28.2 Å². The van der Waals surface area contributed by atoms with Gasteiger partial charge in [-0.3, -0.25) is 0 Å². The van der Waals surface area contributed by atoms with Crippen LogP contribution in [0.4, 0.5) is 0 Å². The van der Waals surface area contributed by atoms with Crippen LogP contribution in [0, 0.1) is 0 Å². The van der Waals surface area contributed by atoms with Gasteiger partial charge in [-0.15, -0.1) is 0 Å². The van der Waals surface area contributed by atoms with E-state index in [1.165, 1.54) is 0 Å². The van der Waals surface area contributed by atoms with E-state index in [1.807, 2.05) is 6.92 Å². The summed E-state index contributed by atoms with van der Waals surface area (Å²) in [6.07, 6.45) is 3.45. The number of aliphatic hydroxyl groups is 3. The molecular weight excluding hydrogens is 156 g/mol. The molecule has 0 aliphatic rings. The third kappa shape index (κ3) is 22.5. The lowest BCUT2D eigenvalue weighted by Gasteiger charge is -1.99. The molecule has 0 unspecified atom stereocenters. The monoisotopic (exact) mass is 178 g/mol. The first-order chi connectivity index (χ1) is 5.68. The van der Waals surface area contributed by atoms with Crippen molar-refractivity contribution in [3.8, 4) is 0 Å². The molecule has 3 N–H and O–H groups in total. The van der Waals surface area contributed by atoms with Gasteiger partial charge in [-0.2, -0.15) is 0 Å². The molecule has 76 valence electrons. The molecule has 0 aromatic carbocycles.